The zero-order valence-corrected chi connectivity index (χ0v) is 14.5. The first-order chi connectivity index (χ1) is 6.31. The molecule has 0 N–H and O–H groups in total. The SMILES string of the molecule is CC(C)(C)[Si]([N]=[Ti])(C(C)(C)C)C(C)(C)C. The summed E-state index contributed by atoms with van der Waals surface area (Å²) in [5.74, 6) is 0. The number of hydrogen-bond acceptors (Lipinski definition) is 1. The molecular formula is C12H27NSiTi. The Morgan fingerprint density at radius 1 is 0.667 bits per heavy atom. The van der Waals surface area contributed by atoms with E-state index in [1.807, 2.05) is 20.3 Å². The van der Waals surface area contributed by atoms with Crippen molar-refractivity contribution in [1.82, 2.24) is 0 Å². The predicted octanol–water partition coefficient (Wildman–Crippen LogP) is 5.06. The number of hydrogen-bond donors (Lipinski definition) is 0. The van der Waals surface area contributed by atoms with E-state index in [4.69, 9.17) is 3.08 Å². The van der Waals surface area contributed by atoms with Crippen molar-refractivity contribution >= 4 is 8.24 Å². The molecule has 15 heavy (non-hydrogen) atoms. The van der Waals surface area contributed by atoms with Crippen molar-refractivity contribution in [3.63, 3.8) is 0 Å². The standard InChI is InChI=1S/C12H27NSi.Ti/c1-10(2,3)14(13,11(4,5)6)12(7,8)9;/h1-9H3;. The molecule has 0 fully saturated rings. The van der Waals surface area contributed by atoms with Crippen LogP contribution in [0, 0.1) is 0 Å². The van der Waals surface area contributed by atoms with Gasteiger partial charge in [0.25, 0.3) is 0 Å². The van der Waals surface area contributed by atoms with E-state index < -0.39 is 8.24 Å². The molecule has 0 atom stereocenters. The van der Waals surface area contributed by atoms with Crippen molar-refractivity contribution in [3.8, 4) is 0 Å². The Kier molecular flexibility index (Phi) is 4.40. The Morgan fingerprint density at radius 2 is 0.867 bits per heavy atom. The summed E-state index contributed by atoms with van der Waals surface area (Å²) in [6.07, 6.45) is 0. The Hall–Kier alpha value is 0.731. The van der Waals surface area contributed by atoms with Crippen LogP contribution in [-0.4, -0.2) is 8.24 Å². The summed E-state index contributed by atoms with van der Waals surface area (Å²) in [4.78, 5) is 0. The summed E-state index contributed by atoms with van der Waals surface area (Å²) in [5, 5.41) is 0.911. The van der Waals surface area contributed by atoms with Crippen LogP contribution in [0.2, 0.25) is 15.1 Å². The molecule has 0 rings (SSSR count). The maximum atomic E-state index is 4.97. The molecule has 0 spiro atoms. The molecular weight excluding hydrogens is 234 g/mol. The number of nitrogens with zero attached hydrogens (tertiary/aromatic N) is 1. The van der Waals surface area contributed by atoms with E-state index in [-0.39, 0.29) is 0 Å². The van der Waals surface area contributed by atoms with Crippen LogP contribution in [0.25, 0.3) is 0 Å². The Labute approximate surface area is 109 Å². The zero-order valence-electron chi connectivity index (χ0n) is 11.9. The van der Waals surface area contributed by atoms with Crippen LogP contribution < -0.4 is 0 Å². The summed E-state index contributed by atoms with van der Waals surface area (Å²) in [6, 6.07) is 0. The van der Waals surface area contributed by atoms with E-state index in [1.54, 1.807) is 0 Å². The van der Waals surface area contributed by atoms with Crippen LogP contribution in [0.15, 0.2) is 3.08 Å². The third-order valence-corrected chi connectivity index (χ3v) is 11.8. The summed E-state index contributed by atoms with van der Waals surface area (Å²) >= 11 is 2.04. The molecule has 0 bridgehead atoms. The second-order valence-electron chi connectivity index (χ2n) is 7.57. The van der Waals surface area contributed by atoms with E-state index in [0.717, 1.165) is 0 Å². The van der Waals surface area contributed by atoms with Crippen molar-refractivity contribution in [3.05, 3.63) is 0 Å². The number of rotatable bonds is 1. The average molecular weight is 261 g/mol. The second-order valence-corrected chi connectivity index (χ2v) is 14.8. The van der Waals surface area contributed by atoms with Gasteiger partial charge in [-0.05, 0) is 0 Å². The van der Waals surface area contributed by atoms with Crippen LogP contribution >= 0.6 is 0 Å². The molecule has 0 aliphatic carbocycles. The average Bonchev–Trinajstić information content (AvgIpc) is 1.76. The zero-order chi connectivity index (χ0) is 12.7. The fourth-order valence-electron chi connectivity index (χ4n) is 3.88. The van der Waals surface area contributed by atoms with E-state index in [9.17, 15) is 0 Å². The van der Waals surface area contributed by atoms with Crippen LogP contribution in [0.5, 0.6) is 0 Å². The van der Waals surface area contributed by atoms with Crippen molar-refractivity contribution in [2.75, 3.05) is 0 Å². The topological polar surface area (TPSA) is 12.4 Å². The van der Waals surface area contributed by atoms with E-state index in [2.05, 4.69) is 62.3 Å². The summed E-state index contributed by atoms with van der Waals surface area (Å²) < 4.78 is 4.97. The van der Waals surface area contributed by atoms with Gasteiger partial charge in [-0.1, -0.05) is 0 Å². The van der Waals surface area contributed by atoms with Gasteiger partial charge in [-0.15, -0.1) is 0 Å². The van der Waals surface area contributed by atoms with Crippen LogP contribution in [0.4, 0.5) is 0 Å². The second kappa shape index (κ2) is 4.20. The van der Waals surface area contributed by atoms with Crippen LogP contribution in [-0.2, 0) is 20.3 Å². The van der Waals surface area contributed by atoms with Crippen molar-refractivity contribution < 1.29 is 20.3 Å². The van der Waals surface area contributed by atoms with Gasteiger partial charge in [-0.3, -0.25) is 0 Å². The first-order valence-electron chi connectivity index (χ1n) is 5.70. The van der Waals surface area contributed by atoms with Crippen molar-refractivity contribution in [2.45, 2.75) is 77.4 Å². The molecule has 0 saturated heterocycles. The van der Waals surface area contributed by atoms with Gasteiger partial charge >= 0.3 is 109 Å². The van der Waals surface area contributed by atoms with Gasteiger partial charge in [0.15, 0.2) is 0 Å². The van der Waals surface area contributed by atoms with Gasteiger partial charge in [-0.2, -0.15) is 0 Å². The summed E-state index contributed by atoms with van der Waals surface area (Å²) in [5.41, 5.74) is 0. The molecule has 0 amide bonds. The predicted molar refractivity (Wildman–Crippen MR) is 67.3 cm³/mol. The molecule has 0 radical (unpaired) electrons. The van der Waals surface area contributed by atoms with E-state index in [1.165, 1.54) is 0 Å². The van der Waals surface area contributed by atoms with Crippen molar-refractivity contribution in [2.24, 2.45) is 3.08 Å². The third kappa shape index (κ3) is 2.53. The minimum absolute atomic E-state index is 0.304. The van der Waals surface area contributed by atoms with Crippen LogP contribution in [0.3, 0.4) is 0 Å². The molecule has 0 heterocycles. The Morgan fingerprint density at radius 3 is 0.867 bits per heavy atom. The van der Waals surface area contributed by atoms with Crippen LogP contribution in [0.1, 0.15) is 62.3 Å². The molecule has 3 heteroatoms. The fourth-order valence-corrected chi connectivity index (χ4v) is 16.3. The Bertz CT molecular complexity index is 204. The van der Waals surface area contributed by atoms with E-state index in [0.29, 0.717) is 15.1 Å². The van der Waals surface area contributed by atoms with Gasteiger partial charge < -0.3 is 0 Å². The van der Waals surface area contributed by atoms with Gasteiger partial charge in [0.2, 0.25) is 0 Å². The molecule has 0 aromatic rings. The first-order valence-corrected chi connectivity index (χ1v) is 8.34. The molecule has 0 unspecified atom stereocenters. The molecule has 0 aliphatic heterocycles. The molecule has 88 valence electrons. The van der Waals surface area contributed by atoms with Gasteiger partial charge in [0, 0.05) is 0 Å². The normalized spacial score (nSPS) is 15.2. The third-order valence-electron chi connectivity index (χ3n) is 3.42. The van der Waals surface area contributed by atoms with Gasteiger partial charge in [0.05, 0.1) is 0 Å². The van der Waals surface area contributed by atoms with Crippen molar-refractivity contribution in [1.29, 1.82) is 0 Å². The summed E-state index contributed by atoms with van der Waals surface area (Å²) in [6.45, 7) is 21.3. The quantitative estimate of drug-likeness (QED) is 0.585. The monoisotopic (exact) mass is 261 g/mol. The summed E-state index contributed by atoms with van der Waals surface area (Å²) in [7, 11) is -1.75. The maximum absolute atomic E-state index is 4.97. The molecule has 1 nitrogen and oxygen atoms in total. The van der Waals surface area contributed by atoms with Gasteiger partial charge in [0.1, 0.15) is 0 Å². The molecule has 0 aromatic heterocycles. The molecule has 0 saturated carbocycles. The van der Waals surface area contributed by atoms with E-state index >= 15 is 0 Å². The minimum atomic E-state index is -1.75. The first kappa shape index (κ1) is 15.7. The fraction of sp³-hybridized carbons (Fsp3) is 1.00. The van der Waals surface area contributed by atoms with Gasteiger partial charge in [-0.25, -0.2) is 0 Å². The molecule has 0 aliphatic rings. The molecule has 0 aromatic carbocycles. The Balaban J connectivity index is 5.89.